The van der Waals surface area contributed by atoms with Crippen LogP contribution in [0.5, 0.6) is 0 Å². The lowest BCUT2D eigenvalue weighted by Crippen LogP contribution is -2.60. The summed E-state index contributed by atoms with van der Waals surface area (Å²) in [6.45, 7) is 6.61. The van der Waals surface area contributed by atoms with Crippen molar-refractivity contribution in [3.05, 3.63) is 0 Å². The van der Waals surface area contributed by atoms with E-state index in [1.165, 1.54) is 25.7 Å². The first-order chi connectivity index (χ1) is 8.76. The van der Waals surface area contributed by atoms with Crippen LogP contribution in [0.25, 0.3) is 0 Å². The number of likely N-dealkylation sites (N-methyl/N-ethyl adjacent to an activating group) is 1. The number of methoxy groups -OCH3 is 1. The van der Waals surface area contributed by atoms with Gasteiger partial charge in [-0.15, -0.1) is 0 Å². The highest BCUT2D eigenvalue weighted by atomic mass is 16.5. The van der Waals surface area contributed by atoms with Gasteiger partial charge in [-0.1, -0.05) is 6.92 Å². The van der Waals surface area contributed by atoms with Crippen LogP contribution < -0.4 is 5.73 Å². The standard InChI is InChI=1S/C14H28N2O2/c1-3-16(9-13-5-4-8-18-13)14(10-15,11-17-2)12-6-7-12/h12-13H,3-11,15H2,1-2H3. The zero-order chi connectivity index (χ0) is 13.0. The Morgan fingerprint density at radius 3 is 2.61 bits per heavy atom. The fourth-order valence-corrected chi connectivity index (χ4v) is 3.35. The molecule has 0 aromatic carbocycles. The first-order valence-electron chi connectivity index (χ1n) is 7.32. The van der Waals surface area contributed by atoms with E-state index in [1.54, 1.807) is 7.11 Å². The Bertz CT molecular complexity index is 252. The molecule has 0 aromatic rings. The number of nitrogens with two attached hydrogens (primary N) is 1. The van der Waals surface area contributed by atoms with Crippen molar-refractivity contribution in [3.8, 4) is 0 Å². The second-order valence-electron chi connectivity index (χ2n) is 5.69. The summed E-state index contributed by atoms with van der Waals surface area (Å²) in [7, 11) is 1.78. The predicted octanol–water partition coefficient (Wildman–Crippen LogP) is 1.24. The fourth-order valence-electron chi connectivity index (χ4n) is 3.35. The Hall–Kier alpha value is -0.160. The molecule has 2 atom stereocenters. The van der Waals surface area contributed by atoms with Crippen LogP contribution in [0.15, 0.2) is 0 Å². The van der Waals surface area contributed by atoms with Crippen LogP contribution >= 0.6 is 0 Å². The molecule has 0 aromatic heterocycles. The molecule has 2 aliphatic rings. The topological polar surface area (TPSA) is 47.7 Å². The Labute approximate surface area is 111 Å². The van der Waals surface area contributed by atoms with Gasteiger partial charge in [-0.25, -0.2) is 0 Å². The van der Waals surface area contributed by atoms with Crippen molar-refractivity contribution >= 4 is 0 Å². The third kappa shape index (κ3) is 2.87. The van der Waals surface area contributed by atoms with Gasteiger partial charge in [0.1, 0.15) is 0 Å². The Morgan fingerprint density at radius 1 is 1.39 bits per heavy atom. The monoisotopic (exact) mass is 256 g/mol. The minimum atomic E-state index is 0.0372. The van der Waals surface area contributed by atoms with Gasteiger partial charge in [0.2, 0.25) is 0 Å². The third-order valence-electron chi connectivity index (χ3n) is 4.54. The molecular weight excluding hydrogens is 228 g/mol. The minimum absolute atomic E-state index is 0.0372. The summed E-state index contributed by atoms with van der Waals surface area (Å²) in [5, 5.41) is 0. The van der Waals surface area contributed by atoms with E-state index in [0.717, 1.165) is 26.3 Å². The van der Waals surface area contributed by atoms with E-state index in [-0.39, 0.29) is 5.54 Å². The summed E-state index contributed by atoms with van der Waals surface area (Å²) in [6.07, 6.45) is 5.37. The molecule has 0 radical (unpaired) electrons. The molecule has 1 aliphatic carbocycles. The van der Waals surface area contributed by atoms with E-state index in [9.17, 15) is 0 Å². The van der Waals surface area contributed by atoms with Gasteiger partial charge in [-0.2, -0.15) is 0 Å². The van der Waals surface area contributed by atoms with Crippen molar-refractivity contribution in [2.45, 2.75) is 44.2 Å². The summed E-state index contributed by atoms with van der Waals surface area (Å²) >= 11 is 0. The lowest BCUT2D eigenvalue weighted by atomic mass is 9.91. The molecular formula is C14H28N2O2. The smallest absolute Gasteiger partial charge is 0.0703 e. The fraction of sp³-hybridized carbons (Fsp3) is 1.00. The maximum Gasteiger partial charge on any atom is 0.0703 e. The number of rotatable bonds is 8. The highest BCUT2D eigenvalue weighted by Crippen LogP contribution is 2.43. The Balaban J connectivity index is 2.04. The molecule has 1 saturated heterocycles. The zero-order valence-corrected chi connectivity index (χ0v) is 11.9. The molecule has 106 valence electrons. The predicted molar refractivity (Wildman–Crippen MR) is 72.6 cm³/mol. The Kier molecular flexibility index (Phi) is 5.01. The molecule has 2 fully saturated rings. The molecule has 2 N–H and O–H groups in total. The quantitative estimate of drug-likeness (QED) is 0.710. The summed E-state index contributed by atoms with van der Waals surface area (Å²) in [5.74, 6) is 0.712. The van der Waals surface area contributed by atoms with E-state index < -0.39 is 0 Å². The molecule has 4 heteroatoms. The largest absolute Gasteiger partial charge is 0.383 e. The van der Waals surface area contributed by atoms with Crippen molar-refractivity contribution in [1.29, 1.82) is 0 Å². The van der Waals surface area contributed by atoms with Crippen LogP contribution in [-0.4, -0.2) is 56.5 Å². The van der Waals surface area contributed by atoms with E-state index in [1.807, 2.05) is 0 Å². The number of nitrogens with zero attached hydrogens (tertiary/aromatic N) is 1. The van der Waals surface area contributed by atoms with Crippen molar-refractivity contribution in [2.24, 2.45) is 11.7 Å². The SMILES string of the molecule is CCN(CC1CCCO1)C(CN)(COC)C1CC1. The van der Waals surface area contributed by atoms with Crippen molar-refractivity contribution in [2.75, 3.05) is 40.0 Å². The summed E-state index contributed by atoms with van der Waals surface area (Å²) < 4.78 is 11.3. The van der Waals surface area contributed by atoms with Gasteiger partial charge in [-0.3, -0.25) is 4.90 Å². The van der Waals surface area contributed by atoms with Crippen molar-refractivity contribution in [3.63, 3.8) is 0 Å². The number of ether oxygens (including phenoxy) is 2. The first kappa shape index (κ1) is 14.3. The van der Waals surface area contributed by atoms with E-state index in [4.69, 9.17) is 15.2 Å². The molecule has 0 spiro atoms. The molecule has 0 bridgehead atoms. The summed E-state index contributed by atoms with van der Waals surface area (Å²) in [4.78, 5) is 2.52. The number of hydrogen-bond acceptors (Lipinski definition) is 4. The second kappa shape index (κ2) is 6.33. The number of hydrogen-bond donors (Lipinski definition) is 1. The van der Waals surface area contributed by atoms with Gasteiger partial charge in [0, 0.05) is 26.8 Å². The average Bonchev–Trinajstić information content (AvgIpc) is 3.12. The molecule has 4 nitrogen and oxygen atoms in total. The van der Waals surface area contributed by atoms with Gasteiger partial charge in [0.05, 0.1) is 18.2 Å². The van der Waals surface area contributed by atoms with Gasteiger partial charge < -0.3 is 15.2 Å². The first-order valence-corrected chi connectivity index (χ1v) is 7.32. The highest BCUT2D eigenvalue weighted by molar-refractivity contribution is 5.04. The summed E-state index contributed by atoms with van der Waals surface area (Å²) in [6, 6.07) is 0. The van der Waals surface area contributed by atoms with Crippen LogP contribution in [0, 0.1) is 5.92 Å². The zero-order valence-electron chi connectivity index (χ0n) is 11.9. The summed E-state index contributed by atoms with van der Waals surface area (Å²) in [5.41, 5.74) is 6.16. The van der Waals surface area contributed by atoms with E-state index in [0.29, 0.717) is 18.6 Å². The van der Waals surface area contributed by atoms with Gasteiger partial charge in [0.25, 0.3) is 0 Å². The van der Waals surface area contributed by atoms with Crippen molar-refractivity contribution in [1.82, 2.24) is 4.90 Å². The maximum atomic E-state index is 6.12. The van der Waals surface area contributed by atoms with Crippen molar-refractivity contribution < 1.29 is 9.47 Å². The normalized spacial score (nSPS) is 27.7. The van der Waals surface area contributed by atoms with Gasteiger partial charge in [-0.05, 0) is 38.1 Å². The second-order valence-corrected chi connectivity index (χ2v) is 5.69. The lowest BCUT2D eigenvalue weighted by molar-refractivity contribution is -0.0267. The van der Waals surface area contributed by atoms with Crippen LogP contribution in [0.1, 0.15) is 32.6 Å². The van der Waals surface area contributed by atoms with Gasteiger partial charge >= 0.3 is 0 Å². The molecule has 18 heavy (non-hydrogen) atoms. The molecule has 2 unspecified atom stereocenters. The molecule has 1 aliphatic heterocycles. The molecule has 0 amide bonds. The van der Waals surface area contributed by atoms with Crippen LogP contribution in [0.4, 0.5) is 0 Å². The van der Waals surface area contributed by atoms with E-state index >= 15 is 0 Å². The van der Waals surface area contributed by atoms with Gasteiger partial charge in [0.15, 0.2) is 0 Å². The van der Waals surface area contributed by atoms with Crippen LogP contribution in [0.2, 0.25) is 0 Å². The minimum Gasteiger partial charge on any atom is -0.383 e. The highest BCUT2D eigenvalue weighted by Gasteiger charge is 2.48. The molecule has 1 saturated carbocycles. The third-order valence-corrected chi connectivity index (χ3v) is 4.54. The van der Waals surface area contributed by atoms with Crippen LogP contribution in [0.3, 0.4) is 0 Å². The lowest BCUT2D eigenvalue weighted by Gasteiger charge is -2.44. The van der Waals surface area contributed by atoms with Crippen LogP contribution in [-0.2, 0) is 9.47 Å². The van der Waals surface area contributed by atoms with E-state index in [2.05, 4.69) is 11.8 Å². The average molecular weight is 256 g/mol. The maximum absolute atomic E-state index is 6.12. The molecule has 1 heterocycles. The Morgan fingerprint density at radius 2 is 2.17 bits per heavy atom. The molecule has 2 rings (SSSR count).